The molecule has 1 fully saturated rings. The maximum Gasteiger partial charge on any atom is 0.242 e. The molecule has 1 saturated carbocycles. The van der Waals surface area contributed by atoms with Gasteiger partial charge in [-0.2, -0.15) is 0 Å². The number of rotatable bonds is 10. The molecule has 0 heterocycles. The summed E-state index contributed by atoms with van der Waals surface area (Å²) >= 11 is 7.58. The molecule has 1 N–H and O–H groups in total. The quantitative estimate of drug-likeness (QED) is 0.449. The normalized spacial score (nSPS) is 15.2. The molecule has 0 saturated heterocycles. The van der Waals surface area contributed by atoms with Gasteiger partial charge in [0.05, 0.1) is 0 Å². The minimum Gasteiger partial charge on any atom is -0.352 e. The first-order valence-corrected chi connectivity index (χ1v) is 12.9. The number of nitrogens with zero attached hydrogens (tertiary/aromatic N) is 1. The number of thioether (sulfide) groups is 1. The van der Waals surface area contributed by atoms with Crippen LogP contribution in [0.5, 0.6) is 0 Å². The van der Waals surface area contributed by atoms with Crippen LogP contribution in [0.1, 0.15) is 51.0 Å². The number of benzene rings is 2. The van der Waals surface area contributed by atoms with Crippen LogP contribution in [0, 0.1) is 0 Å². The maximum absolute atomic E-state index is 13.2. The number of hydrogen-bond donors (Lipinski definition) is 1. The molecule has 0 bridgehead atoms. The van der Waals surface area contributed by atoms with Crippen LogP contribution in [0.25, 0.3) is 0 Å². The minimum absolute atomic E-state index is 0.0219. The fourth-order valence-corrected chi connectivity index (χ4v) is 5.04. The van der Waals surface area contributed by atoms with Crippen molar-refractivity contribution in [3.05, 3.63) is 65.2 Å². The van der Waals surface area contributed by atoms with Crippen LogP contribution >= 0.6 is 23.4 Å². The van der Waals surface area contributed by atoms with E-state index in [0.717, 1.165) is 37.0 Å². The Hall–Kier alpha value is -1.98. The highest BCUT2D eigenvalue weighted by Gasteiger charge is 2.27. The lowest BCUT2D eigenvalue weighted by atomic mass is 9.95. The van der Waals surface area contributed by atoms with E-state index in [-0.39, 0.29) is 17.9 Å². The molecular weight excluding hydrogens is 440 g/mol. The summed E-state index contributed by atoms with van der Waals surface area (Å²) in [6, 6.07) is 17.5. The Morgan fingerprint density at radius 2 is 1.75 bits per heavy atom. The monoisotopic (exact) mass is 472 g/mol. The highest BCUT2D eigenvalue weighted by atomic mass is 35.5. The van der Waals surface area contributed by atoms with E-state index >= 15 is 0 Å². The van der Waals surface area contributed by atoms with E-state index in [1.807, 2.05) is 49.4 Å². The van der Waals surface area contributed by atoms with Gasteiger partial charge >= 0.3 is 0 Å². The van der Waals surface area contributed by atoms with Gasteiger partial charge in [0.2, 0.25) is 11.8 Å². The zero-order valence-electron chi connectivity index (χ0n) is 18.8. The van der Waals surface area contributed by atoms with Crippen LogP contribution in [-0.2, 0) is 16.0 Å². The van der Waals surface area contributed by atoms with E-state index in [0.29, 0.717) is 23.7 Å². The van der Waals surface area contributed by atoms with E-state index in [2.05, 4.69) is 17.4 Å². The molecule has 2 amide bonds. The molecule has 1 aliphatic rings. The lowest BCUT2D eigenvalue weighted by molar-refractivity contribution is -0.140. The van der Waals surface area contributed by atoms with Crippen molar-refractivity contribution in [3.63, 3.8) is 0 Å². The third-order valence-electron chi connectivity index (χ3n) is 6.00. The van der Waals surface area contributed by atoms with Crippen LogP contribution in [0.15, 0.2) is 59.5 Å². The van der Waals surface area contributed by atoms with E-state index in [4.69, 9.17) is 11.6 Å². The first kappa shape index (κ1) is 24.7. The molecule has 172 valence electrons. The fraction of sp³-hybridized carbons (Fsp3) is 0.462. The summed E-state index contributed by atoms with van der Waals surface area (Å²) in [7, 11) is 0. The lowest BCUT2D eigenvalue weighted by Crippen LogP contribution is -2.51. The molecule has 0 spiro atoms. The first-order chi connectivity index (χ1) is 15.5. The summed E-state index contributed by atoms with van der Waals surface area (Å²) in [5, 5.41) is 3.89. The van der Waals surface area contributed by atoms with E-state index < -0.39 is 6.04 Å². The molecule has 1 atom stereocenters. The molecule has 0 aromatic heterocycles. The van der Waals surface area contributed by atoms with Crippen LogP contribution in [-0.4, -0.2) is 41.1 Å². The summed E-state index contributed by atoms with van der Waals surface area (Å²) in [4.78, 5) is 29.0. The molecule has 2 aromatic rings. The number of amides is 2. The molecule has 2 aromatic carbocycles. The second-order valence-electron chi connectivity index (χ2n) is 8.39. The highest BCUT2D eigenvalue weighted by Crippen LogP contribution is 2.22. The number of nitrogens with one attached hydrogen (secondary N) is 1. The first-order valence-electron chi connectivity index (χ1n) is 11.5. The molecule has 0 radical (unpaired) electrons. The van der Waals surface area contributed by atoms with Crippen molar-refractivity contribution in [2.24, 2.45) is 0 Å². The topological polar surface area (TPSA) is 49.4 Å². The molecule has 4 nitrogen and oxygen atoms in total. The van der Waals surface area contributed by atoms with Crippen LogP contribution in [0.3, 0.4) is 0 Å². The molecule has 3 rings (SSSR count). The number of hydrogen-bond acceptors (Lipinski definition) is 3. The molecule has 32 heavy (non-hydrogen) atoms. The fourth-order valence-electron chi connectivity index (χ4n) is 4.07. The van der Waals surface area contributed by atoms with Crippen molar-refractivity contribution < 1.29 is 9.59 Å². The molecule has 0 unspecified atom stereocenters. The van der Waals surface area contributed by atoms with Gasteiger partial charge in [-0.15, -0.1) is 11.8 Å². The summed E-state index contributed by atoms with van der Waals surface area (Å²) < 4.78 is 0. The van der Waals surface area contributed by atoms with Gasteiger partial charge in [0.1, 0.15) is 6.04 Å². The second kappa shape index (κ2) is 12.9. The Morgan fingerprint density at radius 3 is 2.44 bits per heavy atom. The lowest BCUT2D eigenvalue weighted by Gasteiger charge is -2.31. The van der Waals surface area contributed by atoms with Gasteiger partial charge in [0.25, 0.3) is 0 Å². The third kappa shape index (κ3) is 7.86. The predicted octanol–water partition coefficient (Wildman–Crippen LogP) is 5.73. The minimum atomic E-state index is -0.478. The highest BCUT2D eigenvalue weighted by molar-refractivity contribution is 7.99. The van der Waals surface area contributed by atoms with E-state index in [9.17, 15) is 9.59 Å². The summed E-state index contributed by atoms with van der Waals surface area (Å²) in [6.07, 6.45) is 6.77. The van der Waals surface area contributed by atoms with Gasteiger partial charge in [-0.1, -0.05) is 61.2 Å². The van der Waals surface area contributed by atoms with E-state index in [1.54, 1.807) is 16.7 Å². The van der Waals surface area contributed by atoms with Crippen molar-refractivity contribution in [1.29, 1.82) is 0 Å². The van der Waals surface area contributed by atoms with Gasteiger partial charge in [-0.3, -0.25) is 9.59 Å². The van der Waals surface area contributed by atoms with Crippen LogP contribution < -0.4 is 5.32 Å². The van der Waals surface area contributed by atoms with Gasteiger partial charge in [-0.05, 0) is 56.0 Å². The molecule has 1 aliphatic carbocycles. The zero-order valence-corrected chi connectivity index (χ0v) is 20.3. The maximum atomic E-state index is 13.2. The van der Waals surface area contributed by atoms with Crippen molar-refractivity contribution in [3.8, 4) is 0 Å². The Balaban J connectivity index is 1.59. The van der Waals surface area contributed by atoms with Crippen molar-refractivity contribution in [2.75, 3.05) is 12.3 Å². The van der Waals surface area contributed by atoms with Gasteiger partial charge in [0, 0.05) is 34.7 Å². The Kier molecular flexibility index (Phi) is 9.94. The summed E-state index contributed by atoms with van der Waals surface area (Å²) in [5.74, 6) is 0.650. The Bertz CT molecular complexity index is 854. The third-order valence-corrected chi connectivity index (χ3v) is 7.27. The van der Waals surface area contributed by atoms with Crippen LogP contribution in [0.2, 0.25) is 5.02 Å². The number of carbonyl (C=O) groups is 2. The summed E-state index contributed by atoms with van der Waals surface area (Å²) in [5.41, 5.74) is 1.17. The summed E-state index contributed by atoms with van der Waals surface area (Å²) in [6.45, 7) is 2.39. The van der Waals surface area contributed by atoms with E-state index in [1.165, 1.54) is 12.0 Å². The predicted molar refractivity (Wildman–Crippen MR) is 133 cm³/mol. The average molecular weight is 473 g/mol. The largest absolute Gasteiger partial charge is 0.352 e. The second-order valence-corrected chi connectivity index (χ2v) is 10.00. The average Bonchev–Trinajstić information content (AvgIpc) is 2.81. The van der Waals surface area contributed by atoms with Gasteiger partial charge < -0.3 is 10.2 Å². The van der Waals surface area contributed by atoms with Gasteiger partial charge in [0.15, 0.2) is 0 Å². The smallest absolute Gasteiger partial charge is 0.242 e. The SMILES string of the molecule is C[C@H](C(=O)NC1CCCCC1)N(CCc1ccccc1)C(=O)CCSc1ccc(Cl)cc1. The van der Waals surface area contributed by atoms with Crippen molar-refractivity contribution in [1.82, 2.24) is 10.2 Å². The zero-order chi connectivity index (χ0) is 22.8. The molecular formula is C26H33ClN2O2S. The van der Waals surface area contributed by atoms with Gasteiger partial charge in [-0.25, -0.2) is 0 Å². The van der Waals surface area contributed by atoms with Crippen molar-refractivity contribution >= 4 is 35.2 Å². The van der Waals surface area contributed by atoms with Crippen LogP contribution in [0.4, 0.5) is 0 Å². The Labute approximate surface area is 201 Å². The number of halogens is 1. The van der Waals surface area contributed by atoms with Crippen molar-refractivity contribution in [2.45, 2.75) is 68.8 Å². The Morgan fingerprint density at radius 1 is 1.06 bits per heavy atom. The standard InChI is InChI=1S/C26H33ClN2O2S/c1-20(26(31)28-23-10-6-3-7-11-23)29(18-16-21-8-4-2-5-9-21)25(30)17-19-32-24-14-12-22(27)13-15-24/h2,4-5,8-9,12-15,20,23H,3,6-7,10-11,16-19H2,1H3,(H,28,31)/t20-/m1/s1. The molecule has 6 heteroatoms. The molecule has 0 aliphatic heterocycles. The number of carbonyl (C=O) groups excluding carboxylic acids is 2.